The lowest BCUT2D eigenvalue weighted by Crippen LogP contribution is -2.31. The van der Waals surface area contributed by atoms with E-state index >= 15 is 0 Å². The van der Waals surface area contributed by atoms with E-state index in [0.29, 0.717) is 23.0 Å². The topological polar surface area (TPSA) is 105 Å². The number of aromatic nitrogens is 4. The van der Waals surface area contributed by atoms with Gasteiger partial charge in [0.15, 0.2) is 23.2 Å². The molecular weight excluding hydrogens is 425 g/mol. The van der Waals surface area contributed by atoms with Crippen LogP contribution in [0.15, 0.2) is 36.9 Å². The summed E-state index contributed by atoms with van der Waals surface area (Å²) in [7, 11) is 0. The fourth-order valence-corrected chi connectivity index (χ4v) is 4.52. The zero-order valence-corrected chi connectivity index (χ0v) is 18.1. The molecular formula is C24H26FN5O3. The Morgan fingerprint density at radius 3 is 2.73 bits per heavy atom. The summed E-state index contributed by atoms with van der Waals surface area (Å²) in [5, 5.41) is 24.7. The highest BCUT2D eigenvalue weighted by atomic mass is 19.1. The SMILES string of the molecule is O[C@@H]1[C@H](O)[C@@H](CC#Cc2ccccc2F)O[C@H]1n1cnc2c(NC3CCCCC3)ncnc21. The Hall–Kier alpha value is -3.06. The van der Waals surface area contributed by atoms with E-state index in [1.54, 1.807) is 29.1 Å². The zero-order chi connectivity index (χ0) is 22.8. The van der Waals surface area contributed by atoms with Crippen molar-refractivity contribution in [3.8, 4) is 11.8 Å². The Morgan fingerprint density at radius 1 is 1.09 bits per heavy atom. The Morgan fingerprint density at radius 2 is 1.91 bits per heavy atom. The summed E-state index contributed by atoms with van der Waals surface area (Å²) < 4.78 is 21.3. The van der Waals surface area contributed by atoms with E-state index in [0.717, 1.165) is 12.8 Å². The predicted octanol–water partition coefficient (Wildman–Crippen LogP) is 2.77. The smallest absolute Gasteiger partial charge is 0.167 e. The van der Waals surface area contributed by atoms with Gasteiger partial charge in [0.05, 0.1) is 18.0 Å². The second-order valence-corrected chi connectivity index (χ2v) is 8.56. The third-order valence-electron chi connectivity index (χ3n) is 6.32. The van der Waals surface area contributed by atoms with E-state index in [1.807, 2.05) is 0 Å². The van der Waals surface area contributed by atoms with Gasteiger partial charge in [0, 0.05) is 12.5 Å². The van der Waals surface area contributed by atoms with Crippen molar-refractivity contribution in [3.05, 3.63) is 48.3 Å². The van der Waals surface area contributed by atoms with Crippen molar-refractivity contribution in [2.75, 3.05) is 5.32 Å². The molecule has 0 unspecified atom stereocenters. The van der Waals surface area contributed by atoms with Crippen LogP contribution in [0, 0.1) is 17.7 Å². The average molecular weight is 452 g/mol. The summed E-state index contributed by atoms with van der Waals surface area (Å²) in [6.45, 7) is 0. The Labute approximate surface area is 190 Å². The van der Waals surface area contributed by atoms with Crippen LogP contribution < -0.4 is 5.32 Å². The lowest BCUT2D eigenvalue weighted by molar-refractivity contribution is -0.0332. The minimum atomic E-state index is -1.19. The van der Waals surface area contributed by atoms with Gasteiger partial charge < -0.3 is 20.3 Å². The van der Waals surface area contributed by atoms with Gasteiger partial charge in [-0.25, -0.2) is 19.3 Å². The van der Waals surface area contributed by atoms with Crippen molar-refractivity contribution in [3.63, 3.8) is 0 Å². The average Bonchev–Trinajstić information content (AvgIpc) is 3.38. The third kappa shape index (κ3) is 4.42. The first-order chi connectivity index (χ1) is 16.1. The molecule has 5 rings (SSSR count). The molecule has 0 spiro atoms. The van der Waals surface area contributed by atoms with E-state index in [-0.39, 0.29) is 12.0 Å². The summed E-state index contributed by atoms with van der Waals surface area (Å²) in [5.41, 5.74) is 1.38. The quantitative estimate of drug-likeness (QED) is 0.524. The molecule has 9 heteroatoms. The van der Waals surface area contributed by atoms with Crippen molar-refractivity contribution in [1.82, 2.24) is 19.5 Å². The summed E-state index contributed by atoms with van der Waals surface area (Å²) in [5.74, 6) is 5.85. The van der Waals surface area contributed by atoms with Gasteiger partial charge in [-0.3, -0.25) is 4.57 Å². The Kier molecular flexibility index (Phi) is 6.22. The molecule has 1 aromatic carbocycles. The number of benzene rings is 1. The van der Waals surface area contributed by atoms with Gasteiger partial charge in [-0.1, -0.05) is 43.2 Å². The van der Waals surface area contributed by atoms with Gasteiger partial charge >= 0.3 is 0 Å². The van der Waals surface area contributed by atoms with E-state index < -0.39 is 30.4 Å². The van der Waals surface area contributed by atoms with Gasteiger partial charge in [0.25, 0.3) is 0 Å². The van der Waals surface area contributed by atoms with Crippen molar-refractivity contribution >= 4 is 17.0 Å². The lowest BCUT2D eigenvalue weighted by Gasteiger charge is -2.23. The predicted molar refractivity (Wildman–Crippen MR) is 120 cm³/mol. The largest absolute Gasteiger partial charge is 0.387 e. The summed E-state index contributed by atoms with van der Waals surface area (Å²) in [4.78, 5) is 13.2. The van der Waals surface area contributed by atoms with Crippen LogP contribution in [0.5, 0.6) is 0 Å². The number of nitrogens with zero attached hydrogens (tertiary/aromatic N) is 4. The van der Waals surface area contributed by atoms with Crippen LogP contribution in [-0.4, -0.2) is 54.1 Å². The van der Waals surface area contributed by atoms with Crippen LogP contribution in [0.2, 0.25) is 0 Å². The molecule has 4 atom stereocenters. The number of halogens is 1. The van der Waals surface area contributed by atoms with Crippen LogP contribution in [-0.2, 0) is 4.74 Å². The fraction of sp³-hybridized carbons (Fsp3) is 0.458. The number of hydrogen-bond donors (Lipinski definition) is 3. The van der Waals surface area contributed by atoms with Crippen LogP contribution in [0.25, 0.3) is 11.2 Å². The molecule has 3 aromatic rings. The van der Waals surface area contributed by atoms with Crippen LogP contribution in [0.1, 0.15) is 50.3 Å². The number of fused-ring (bicyclic) bond motifs is 1. The number of imidazole rings is 1. The molecule has 3 heterocycles. The minimum absolute atomic E-state index is 0.138. The third-order valence-corrected chi connectivity index (χ3v) is 6.32. The van der Waals surface area contributed by atoms with Gasteiger partial charge in [-0.2, -0.15) is 0 Å². The number of aliphatic hydroxyl groups is 2. The molecule has 2 aliphatic rings. The Balaban J connectivity index is 1.33. The van der Waals surface area contributed by atoms with Crippen molar-refractivity contribution in [1.29, 1.82) is 0 Å². The van der Waals surface area contributed by atoms with Crippen LogP contribution >= 0.6 is 0 Å². The molecule has 1 aliphatic carbocycles. The van der Waals surface area contributed by atoms with E-state index in [1.165, 1.54) is 31.7 Å². The standard InChI is InChI=1S/C24H26FN5O3/c25-17-11-5-4-7-15(17)8-6-12-18-20(31)21(32)24(33-18)30-14-28-19-22(26-13-27-23(19)30)29-16-9-2-1-3-10-16/h4-5,7,11,13-14,16,18,20-21,24,31-32H,1-3,9-10,12H2,(H,26,27,29)/t18-,20-,21-,24-/m1/s1. The molecule has 8 nitrogen and oxygen atoms in total. The highest BCUT2D eigenvalue weighted by Gasteiger charge is 2.44. The van der Waals surface area contributed by atoms with Gasteiger partial charge in [-0.15, -0.1) is 0 Å². The fourth-order valence-electron chi connectivity index (χ4n) is 4.52. The molecule has 1 saturated carbocycles. The normalized spacial score (nSPS) is 25.7. The van der Waals surface area contributed by atoms with Crippen LogP contribution in [0.3, 0.4) is 0 Å². The number of aliphatic hydroxyl groups excluding tert-OH is 2. The molecule has 0 amide bonds. The second-order valence-electron chi connectivity index (χ2n) is 8.56. The van der Waals surface area contributed by atoms with Crippen molar-refractivity contribution in [2.24, 2.45) is 0 Å². The monoisotopic (exact) mass is 451 g/mol. The highest BCUT2D eigenvalue weighted by molar-refractivity contribution is 5.82. The van der Waals surface area contributed by atoms with Gasteiger partial charge in [-0.05, 0) is 25.0 Å². The summed E-state index contributed by atoms with van der Waals surface area (Å²) in [6, 6.07) is 6.59. The number of hydrogen-bond acceptors (Lipinski definition) is 7. The molecule has 172 valence electrons. The first kappa shape index (κ1) is 21.8. The van der Waals surface area contributed by atoms with E-state index in [9.17, 15) is 14.6 Å². The van der Waals surface area contributed by atoms with E-state index in [4.69, 9.17) is 4.74 Å². The second kappa shape index (κ2) is 9.43. The molecule has 0 bridgehead atoms. The Bertz CT molecular complexity index is 1180. The first-order valence-corrected chi connectivity index (χ1v) is 11.3. The maximum absolute atomic E-state index is 13.8. The first-order valence-electron chi connectivity index (χ1n) is 11.3. The molecule has 0 radical (unpaired) electrons. The molecule has 1 saturated heterocycles. The van der Waals surface area contributed by atoms with Crippen LogP contribution in [0.4, 0.5) is 10.2 Å². The maximum atomic E-state index is 13.8. The minimum Gasteiger partial charge on any atom is -0.387 e. The summed E-state index contributed by atoms with van der Waals surface area (Å²) >= 11 is 0. The summed E-state index contributed by atoms with van der Waals surface area (Å²) in [6.07, 6.45) is 5.04. The van der Waals surface area contributed by atoms with Crippen molar-refractivity contribution in [2.45, 2.75) is 69.1 Å². The van der Waals surface area contributed by atoms with E-state index in [2.05, 4.69) is 32.1 Å². The molecule has 2 aromatic heterocycles. The molecule has 2 fully saturated rings. The lowest BCUT2D eigenvalue weighted by atomic mass is 9.95. The maximum Gasteiger partial charge on any atom is 0.167 e. The highest BCUT2D eigenvalue weighted by Crippen LogP contribution is 2.33. The molecule has 3 N–H and O–H groups in total. The number of rotatable bonds is 4. The molecule has 33 heavy (non-hydrogen) atoms. The number of nitrogens with one attached hydrogen (secondary N) is 1. The molecule has 1 aliphatic heterocycles. The van der Waals surface area contributed by atoms with Gasteiger partial charge in [0.2, 0.25) is 0 Å². The number of ether oxygens (including phenoxy) is 1. The van der Waals surface area contributed by atoms with Crippen molar-refractivity contribution < 1.29 is 19.3 Å². The number of anilines is 1. The van der Waals surface area contributed by atoms with Gasteiger partial charge in [0.1, 0.15) is 24.4 Å². The zero-order valence-electron chi connectivity index (χ0n) is 18.1.